The zero-order chi connectivity index (χ0) is 19.3. The molecule has 1 aliphatic heterocycles. The molecule has 0 unspecified atom stereocenters. The first-order valence-corrected chi connectivity index (χ1v) is 10.3. The molecule has 2 aromatic heterocycles. The summed E-state index contributed by atoms with van der Waals surface area (Å²) < 4.78 is 1.94. The number of aromatic nitrogens is 4. The summed E-state index contributed by atoms with van der Waals surface area (Å²) >= 11 is 1.44. The molecular weight excluding hydrogens is 372 g/mol. The summed E-state index contributed by atoms with van der Waals surface area (Å²) in [5.74, 6) is 2.42. The topological polar surface area (TPSA) is 68.4 Å². The predicted octanol–water partition coefficient (Wildman–Crippen LogP) is 1.74. The summed E-state index contributed by atoms with van der Waals surface area (Å²) in [5, 5.41) is 9.29. The fourth-order valence-electron chi connectivity index (χ4n) is 3.27. The Hall–Kier alpha value is -2.87. The Morgan fingerprint density at radius 1 is 1.04 bits per heavy atom. The molecule has 4 rings (SSSR count). The van der Waals surface area contributed by atoms with Gasteiger partial charge in [-0.1, -0.05) is 48.2 Å². The summed E-state index contributed by atoms with van der Waals surface area (Å²) in [6.45, 7) is 3.13. The van der Waals surface area contributed by atoms with E-state index in [1.165, 1.54) is 11.8 Å². The van der Waals surface area contributed by atoms with Crippen molar-refractivity contribution in [2.75, 3.05) is 36.8 Å². The standard InChI is InChI=1S/C20H22N6OS/c1-24-19(16-7-3-2-4-8-16)22-23-20(24)28-15-18(27)26-13-11-25(12-14-26)17-9-5-6-10-21-17/h2-10H,11-15H2,1H3/p+1. The van der Waals surface area contributed by atoms with Gasteiger partial charge in [0.2, 0.25) is 5.91 Å². The summed E-state index contributed by atoms with van der Waals surface area (Å²) in [6.07, 6.45) is 1.92. The molecule has 1 aromatic carbocycles. The molecule has 1 aliphatic rings. The van der Waals surface area contributed by atoms with Crippen LogP contribution in [0.5, 0.6) is 0 Å². The smallest absolute Gasteiger partial charge is 0.274 e. The van der Waals surface area contributed by atoms with Crippen molar-refractivity contribution in [1.82, 2.24) is 19.7 Å². The van der Waals surface area contributed by atoms with Gasteiger partial charge in [0.1, 0.15) is 13.1 Å². The van der Waals surface area contributed by atoms with Gasteiger partial charge >= 0.3 is 0 Å². The lowest BCUT2D eigenvalue weighted by molar-refractivity contribution is -0.364. The second-order valence-corrected chi connectivity index (χ2v) is 7.58. The normalized spacial score (nSPS) is 14.3. The number of nitrogens with zero attached hydrogens (tertiary/aromatic N) is 5. The minimum Gasteiger partial charge on any atom is -0.334 e. The van der Waals surface area contributed by atoms with E-state index in [0.29, 0.717) is 5.75 Å². The fraction of sp³-hybridized carbons (Fsp3) is 0.300. The molecule has 0 bridgehead atoms. The summed E-state index contributed by atoms with van der Waals surface area (Å²) in [4.78, 5) is 20.1. The van der Waals surface area contributed by atoms with Gasteiger partial charge in [-0.05, 0) is 6.07 Å². The van der Waals surface area contributed by atoms with Crippen molar-refractivity contribution < 1.29 is 9.78 Å². The second-order valence-electron chi connectivity index (χ2n) is 6.64. The number of hydrogen-bond acceptors (Lipinski definition) is 5. The van der Waals surface area contributed by atoms with Gasteiger partial charge in [-0.15, -0.1) is 10.2 Å². The summed E-state index contributed by atoms with van der Waals surface area (Å²) in [7, 11) is 1.93. The molecule has 8 heteroatoms. The van der Waals surface area contributed by atoms with Crippen LogP contribution in [-0.2, 0) is 11.8 Å². The number of piperazine rings is 1. The Balaban J connectivity index is 1.31. The molecule has 1 saturated heterocycles. The van der Waals surface area contributed by atoms with Crippen LogP contribution in [0.15, 0.2) is 59.9 Å². The summed E-state index contributed by atoms with van der Waals surface area (Å²) in [6, 6.07) is 16.0. The number of pyridine rings is 1. The maximum absolute atomic E-state index is 12.6. The van der Waals surface area contributed by atoms with E-state index in [1.54, 1.807) is 0 Å². The van der Waals surface area contributed by atoms with E-state index < -0.39 is 0 Å². The Kier molecular flexibility index (Phi) is 5.57. The highest BCUT2D eigenvalue weighted by Crippen LogP contribution is 2.22. The number of anilines is 1. The van der Waals surface area contributed by atoms with Crippen molar-refractivity contribution in [1.29, 1.82) is 0 Å². The minimum atomic E-state index is 0.144. The zero-order valence-electron chi connectivity index (χ0n) is 15.8. The monoisotopic (exact) mass is 395 g/mol. The van der Waals surface area contributed by atoms with Crippen LogP contribution in [0.2, 0.25) is 0 Å². The number of rotatable bonds is 5. The molecule has 7 nitrogen and oxygen atoms in total. The van der Waals surface area contributed by atoms with Gasteiger partial charge in [-0.25, -0.2) is 4.98 Å². The second kappa shape index (κ2) is 8.43. The van der Waals surface area contributed by atoms with Crippen molar-refractivity contribution in [3.05, 3.63) is 54.7 Å². The third kappa shape index (κ3) is 4.01. The van der Waals surface area contributed by atoms with E-state index in [1.807, 2.05) is 65.2 Å². The number of benzene rings is 1. The van der Waals surface area contributed by atoms with Crippen LogP contribution in [-0.4, -0.2) is 57.5 Å². The largest absolute Gasteiger partial charge is 0.334 e. The van der Waals surface area contributed by atoms with Crippen molar-refractivity contribution >= 4 is 23.5 Å². The van der Waals surface area contributed by atoms with Crippen LogP contribution in [0, 0.1) is 0 Å². The first-order valence-electron chi connectivity index (χ1n) is 9.29. The number of amides is 1. The van der Waals surface area contributed by atoms with Crippen molar-refractivity contribution in [2.24, 2.45) is 7.05 Å². The van der Waals surface area contributed by atoms with Crippen LogP contribution in [0.1, 0.15) is 0 Å². The molecule has 1 N–H and O–H groups in total. The minimum absolute atomic E-state index is 0.144. The highest BCUT2D eigenvalue weighted by Gasteiger charge is 2.26. The molecule has 3 aromatic rings. The molecule has 3 heterocycles. The SMILES string of the molecule is Cn1c(SCC(=O)N2CCN(c3cccc[nH+]3)CC2)nnc1-c1ccccc1. The molecule has 144 valence electrons. The number of hydrogen-bond donors (Lipinski definition) is 0. The quantitative estimate of drug-likeness (QED) is 0.616. The van der Waals surface area contributed by atoms with Crippen LogP contribution >= 0.6 is 11.8 Å². The molecular formula is C20H23N6OS+. The molecule has 1 fully saturated rings. The Labute approximate surface area is 168 Å². The van der Waals surface area contributed by atoms with Gasteiger partial charge in [-0.2, -0.15) is 0 Å². The lowest BCUT2D eigenvalue weighted by atomic mass is 10.2. The Morgan fingerprint density at radius 3 is 2.50 bits per heavy atom. The average Bonchev–Trinajstić information content (AvgIpc) is 3.13. The van der Waals surface area contributed by atoms with E-state index in [2.05, 4.69) is 26.1 Å². The number of H-pyrrole nitrogens is 1. The first kappa shape index (κ1) is 18.5. The van der Waals surface area contributed by atoms with Gasteiger partial charge in [0.15, 0.2) is 11.0 Å². The van der Waals surface area contributed by atoms with E-state index in [0.717, 1.165) is 48.5 Å². The molecule has 0 aliphatic carbocycles. The van der Waals surface area contributed by atoms with Gasteiger partial charge in [0.05, 0.1) is 25.0 Å². The number of carbonyl (C=O) groups is 1. The average molecular weight is 396 g/mol. The van der Waals surface area contributed by atoms with E-state index in [4.69, 9.17) is 0 Å². The highest BCUT2D eigenvalue weighted by atomic mass is 32.2. The van der Waals surface area contributed by atoms with Crippen molar-refractivity contribution in [3.63, 3.8) is 0 Å². The van der Waals surface area contributed by atoms with Crippen LogP contribution in [0.4, 0.5) is 5.82 Å². The van der Waals surface area contributed by atoms with Crippen LogP contribution in [0.25, 0.3) is 11.4 Å². The fourth-order valence-corrected chi connectivity index (χ4v) is 4.09. The van der Waals surface area contributed by atoms with Gasteiger partial charge in [-0.3, -0.25) is 9.69 Å². The number of carbonyl (C=O) groups excluding carboxylic acids is 1. The number of thioether (sulfide) groups is 1. The number of nitrogens with one attached hydrogen (secondary N) is 1. The lowest BCUT2D eigenvalue weighted by Gasteiger charge is -2.30. The maximum atomic E-state index is 12.6. The third-order valence-electron chi connectivity index (χ3n) is 4.86. The van der Waals surface area contributed by atoms with E-state index in [-0.39, 0.29) is 5.91 Å². The number of aromatic amines is 1. The van der Waals surface area contributed by atoms with E-state index >= 15 is 0 Å². The molecule has 1 amide bonds. The Bertz CT molecular complexity index is 922. The maximum Gasteiger partial charge on any atom is 0.274 e. The van der Waals surface area contributed by atoms with E-state index in [9.17, 15) is 4.79 Å². The molecule has 0 atom stereocenters. The molecule has 0 radical (unpaired) electrons. The van der Waals surface area contributed by atoms with Crippen LogP contribution in [0.3, 0.4) is 0 Å². The van der Waals surface area contributed by atoms with Crippen LogP contribution < -0.4 is 9.88 Å². The predicted molar refractivity (Wildman–Crippen MR) is 109 cm³/mol. The van der Waals surface area contributed by atoms with Crippen molar-refractivity contribution in [3.8, 4) is 11.4 Å². The summed E-state index contributed by atoms with van der Waals surface area (Å²) in [5.41, 5.74) is 1.02. The highest BCUT2D eigenvalue weighted by molar-refractivity contribution is 7.99. The zero-order valence-corrected chi connectivity index (χ0v) is 16.6. The van der Waals surface area contributed by atoms with Gasteiger partial charge in [0.25, 0.3) is 5.82 Å². The first-order chi connectivity index (χ1) is 13.7. The van der Waals surface area contributed by atoms with Gasteiger partial charge < -0.3 is 9.47 Å². The Morgan fingerprint density at radius 2 is 1.79 bits per heavy atom. The van der Waals surface area contributed by atoms with Crippen molar-refractivity contribution in [2.45, 2.75) is 5.16 Å². The molecule has 28 heavy (non-hydrogen) atoms. The third-order valence-corrected chi connectivity index (χ3v) is 5.86. The molecule has 0 saturated carbocycles. The van der Waals surface area contributed by atoms with Gasteiger partial charge in [0, 0.05) is 18.7 Å². The molecule has 0 spiro atoms. The lowest BCUT2D eigenvalue weighted by Crippen LogP contribution is -2.50.